The lowest BCUT2D eigenvalue weighted by Crippen LogP contribution is -2.46. The van der Waals surface area contributed by atoms with Gasteiger partial charge in [0.1, 0.15) is 18.3 Å². The maximum absolute atomic E-state index is 12.7. The molecule has 2 aromatic rings. The van der Waals surface area contributed by atoms with Crippen LogP contribution in [0.5, 0.6) is 0 Å². The molecule has 24 heavy (non-hydrogen) atoms. The summed E-state index contributed by atoms with van der Waals surface area (Å²) in [6.45, 7) is 2.96. The van der Waals surface area contributed by atoms with E-state index < -0.39 is 5.60 Å². The van der Waals surface area contributed by atoms with Gasteiger partial charge in [0.15, 0.2) is 0 Å². The zero-order valence-electron chi connectivity index (χ0n) is 13.3. The standard InChI is InChI=1S/C16H20N4O3S/c21-15(14-2-1-7-24-14)19-5-6-22-10-16(9-19)4-3-13(23-16)8-20-12-17-11-18-20/h1-2,7,11-13H,3-6,8-10H2/t13-,16+/m0/s1. The number of ether oxygens (including phenoxy) is 2. The van der Waals surface area contributed by atoms with Gasteiger partial charge in [-0.15, -0.1) is 11.3 Å². The number of nitrogens with zero attached hydrogens (tertiary/aromatic N) is 4. The predicted octanol–water partition coefficient (Wildman–Crippen LogP) is 1.43. The van der Waals surface area contributed by atoms with Crippen LogP contribution >= 0.6 is 11.3 Å². The number of carbonyl (C=O) groups excluding carboxylic acids is 1. The van der Waals surface area contributed by atoms with E-state index in [0.717, 1.165) is 17.7 Å². The van der Waals surface area contributed by atoms with E-state index >= 15 is 0 Å². The highest BCUT2D eigenvalue weighted by Crippen LogP contribution is 2.34. The molecule has 2 aliphatic rings. The molecule has 2 aromatic heterocycles. The quantitative estimate of drug-likeness (QED) is 0.839. The Kier molecular flexibility index (Phi) is 4.34. The van der Waals surface area contributed by atoms with Gasteiger partial charge in [-0.1, -0.05) is 6.07 Å². The van der Waals surface area contributed by atoms with Crippen LogP contribution in [0.1, 0.15) is 22.5 Å². The van der Waals surface area contributed by atoms with Gasteiger partial charge >= 0.3 is 0 Å². The first-order chi connectivity index (χ1) is 11.7. The molecule has 0 unspecified atom stereocenters. The monoisotopic (exact) mass is 348 g/mol. The molecule has 2 aliphatic heterocycles. The molecule has 1 spiro atoms. The van der Waals surface area contributed by atoms with Crippen LogP contribution in [-0.4, -0.2) is 63.6 Å². The molecule has 0 aliphatic carbocycles. The average molecular weight is 348 g/mol. The Labute approximate surface area is 144 Å². The van der Waals surface area contributed by atoms with E-state index in [9.17, 15) is 4.79 Å². The summed E-state index contributed by atoms with van der Waals surface area (Å²) in [5.41, 5.74) is -0.408. The summed E-state index contributed by atoms with van der Waals surface area (Å²) in [6.07, 6.45) is 5.13. The van der Waals surface area contributed by atoms with Gasteiger partial charge in [-0.05, 0) is 24.3 Å². The van der Waals surface area contributed by atoms with Crippen molar-refractivity contribution in [3.05, 3.63) is 35.0 Å². The summed E-state index contributed by atoms with van der Waals surface area (Å²) in [5.74, 6) is 0.0678. The topological polar surface area (TPSA) is 69.5 Å². The van der Waals surface area contributed by atoms with Crippen LogP contribution in [0.3, 0.4) is 0 Å². The smallest absolute Gasteiger partial charge is 0.264 e. The van der Waals surface area contributed by atoms with Crippen molar-refractivity contribution in [2.24, 2.45) is 0 Å². The summed E-state index contributed by atoms with van der Waals surface area (Å²) in [6, 6.07) is 3.77. The van der Waals surface area contributed by atoms with Crippen molar-refractivity contribution in [2.45, 2.75) is 31.1 Å². The SMILES string of the molecule is O=C(c1cccs1)N1CCOC[C@@]2(CC[C@@H](Cn3cncn3)O2)C1. The van der Waals surface area contributed by atoms with Crippen LogP contribution in [0.4, 0.5) is 0 Å². The van der Waals surface area contributed by atoms with Crippen LogP contribution in [0.25, 0.3) is 0 Å². The van der Waals surface area contributed by atoms with Gasteiger partial charge in [-0.25, -0.2) is 4.98 Å². The lowest BCUT2D eigenvalue weighted by molar-refractivity contribution is -0.0881. The molecule has 0 aromatic carbocycles. The number of thiophene rings is 1. The molecule has 8 heteroatoms. The fourth-order valence-corrected chi connectivity index (χ4v) is 4.11. The van der Waals surface area contributed by atoms with E-state index in [0.29, 0.717) is 32.8 Å². The minimum atomic E-state index is -0.408. The van der Waals surface area contributed by atoms with Crippen molar-refractivity contribution >= 4 is 17.2 Å². The fourth-order valence-electron chi connectivity index (χ4n) is 3.42. The van der Waals surface area contributed by atoms with Gasteiger partial charge in [0.25, 0.3) is 5.91 Å². The Bertz CT molecular complexity index is 676. The van der Waals surface area contributed by atoms with Crippen molar-refractivity contribution in [3.63, 3.8) is 0 Å². The van der Waals surface area contributed by atoms with E-state index in [4.69, 9.17) is 9.47 Å². The highest BCUT2D eigenvalue weighted by atomic mass is 32.1. The highest BCUT2D eigenvalue weighted by Gasteiger charge is 2.44. The molecule has 0 N–H and O–H groups in total. The number of hydrogen-bond acceptors (Lipinski definition) is 6. The second-order valence-corrected chi connectivity index (χ2v) is 7.28. The zero-order chi connectivity index (χ0) is 16.4. The number of amides is 1. The Balaban J connectivity index is 1.45. The zero-order valence-corrected chi connectivity index (χ0v) is 14.2. The Morgan fingerprint density at radius 3 is 3.25 bits per heavy atom. The van der Waals surface area contributed by atoms with Crippen molar-refractivity contribution in [1.82, 2.24) is 19.7 Å². The summed E-state index contributed by atoms with van der Waals surface area (Å²) in [5, 5.41) is 6.07. The summed E-state index contributed by atoms with van der Waals surface area (Å²) >= 11 is 1.47. The first kappa shape index (κ1) is 15.7. The van der Waals surface area contributed by atoms with Gasteiger partial charge < -0.3 is 14.4 Å². The maximum Gasteiger partial charge on any atom is 0.264 e. The highest BCUT2D eigenvalue weighted by molar-refractivity contribution is 7.12. The van der Waals surface area contributed by atoms with E-state index in [1.807, 2.05) is 22.4 Å². The van der Waals surface area contributed by atoms with Crippen LogP contribution in [0, 0.1) is 0 Å². The van der Waals surface area contributed by atoms with E-state index in [1.165, 1.54) is 17.7 Å². The van der Waals surface area contributed by atoms with Crippen molar-refractivity contribution < 1.29 is 14.3 Å². The molecular formula is C16H20N4O3S. The van der Waals surface area contributed by atoms with Gasteiger partial charge in [0, 0.05) is 6.54 Å². The van der Waals surface area contributed by atoms with E-state index in [1.54, 1.807) is 11.0 Å². The Morgan fingerprint density at radius 1 is 1.50 bits per heavy atom. The third-order valence-electron chi connectivity index (χ3n) is 4.56. The largest absolute Gasteiger partial charge is 0.377 e. The molecule has 2 fully saturated rings. The first-order valence-corrected chi connectivity index (χ1v) is 9.03. The van der Waals surface area contributed by atoms with Crippen molar-refractivity contribution in [2.75, 3.05) is 26.3 Å². The fraction of sp³-hybridized carbons (Fsp3) is 0.562. The van der Waals surface area contributed by atoms with Crippen molar-refractivity contribution in [3.8, 4) is 0 Å². The number of carbonyl (C=O) groups is 1. The Morgan fingerprint density at radius 2 is 2.46 bits per heavy atom. The summed E-state index contributed by atoms with van der Waals surface area (Å²) in [4.78, 5) is 19.3. The number of hydrogen-bond donors (Lipinski definition) is 0. The summed E-state index contributed by atoms with van der Waals surface area (Å²) in [7, 11) is 0. The number of rotatable bonds is 3. The molecule has 2 saturated heterocycles. The van der Waals surface area contributed by atoms with Crippen LogP contribution in [0.15, 0.2) is 30.2 Å². The Hall–Kier alpha value is -1.77. The van der Waals surface area contributed by atoms with E-state index in [-0.39, 0.29) is 12.0 Å². The minimum absolute atomic E-state index is 0.0678. The van der Waals surface area contributed by atoms with Crippen molar-refractivity contribution in [1.29, 1.82) is 0 Å². The molecule has 0 radical (unpaired) electrons. The van der Waals surface area contributed by atoms with Gasteiger partial charge in [-0.2, -0.15) is 5.10 Å². The first-order valence-electron chi connectivity index (χ1n) is 8.15. The molecule has 7 nitrogen and oxygen atoms in total. The van der Waals surface area contributed by atoms with Gasteiger partial charge in [0.05, 0.1) is 37.3 Å². The maximum atomic E-state index is 12.7. The lowest BCUT2D eigenvalue weighted by atomic mass is 10.00. The normalized spacial score (nSPS) is 27.5. The third kappa shape index (κ3) is 3.22. The second-order valence-electron chi connectivity index (χ2n) is 6.34. The molecular weight excluding hydrogens is 328 g/mol. The minimum Gasteiger partial charge on any atom is -0.377 e. The molecule has 1 amide bonds. The van der Waals surface area contributed by atoms with Crippen LogP contribution in [0.2, 0.25) is 0 Å². The molecule has 128 valence electrons. The lowest BCUT2D eigenvalue weighted by Gasteiger charge is -2.31. The molecule has 0 saturated carbocycles. The molecule has 2 atom stereocenters. The van der Waals surface area contributed by atoms with Crippen LogP contribution < -0.4 is 0 Å². The molecule has 4 rings (SSSR count). The second kappa shape index (κ2) is 6.62. The predicted molar refractivity (Wildman–Crippen MR) is 87.9 cm³/mol. The third-order valence-corrected chi connectivity index (χ3v) is 5.42. The van der Waals surface area contributed by atoms with E-state index in [2.05, 4.69) is 10.1 Å². The number of aromatic nitrogens is 3. The molecule has 0 bridgehead atoms. The summed E-state index contributed by atoms with van der Waals surface area (Å²) < 4.78 is 13.9. The van der Waals surface area contributed by atoms with Crippen LogP contribution in [-0.2, 0) is 16.0 Å². The molecule has 4 heterocycles. The van der Waals surface area contributed by atoms with Gasteiger partial charge in [-0.3, -0.25) is 9.48 Å². The van der Waals surface area contributed by atoms with Gasteiger partial charge in [0.2, 0.25) is 0 Å². The average Bonchev–Trinajstić information content (AvgIpc) is 3.30.